The molecule has 0 bridgehead atoms. The highest BCUT2D eigenvalue weighted by molar-refractivity contribution is 5.75. The summed E-state index contributed by atoms with van der Waals surface area (Å²) < 4.78 is 5.31. The molecule has 32 heavy (non-hydrogen) atoms. The van der Waals surface area contributed by atoms with Crippen molar-refractivity contribution in [2.24, 2.45) is 11.8 Å². The Labute approximate surface area is 186 Å². The number of hydrogen-bond donors (Lipinski definition) is 2. The van der Waals surface area contributed by atoms with Gasteiger partial charge in [-0.2, -0.15) is 0 Å². The standard InChI is InChI=1S/C24H29N3O5/c1-14(2)7-23(30)32-13-18-9-16(4)10-21(24(18)31)27-25-19-6-5-17(12-20(19)26-27)8-15(3)11-22(28)29/h5-6,9-10,12,14-15,31H,7-8,11,13H2,1-4H3,(H,28,29). The number of hydrogen-bond acceptors (Lipinski definition) is 6. The van der Waals surface area contributed by atoms with Crippen molar-refractivity contribution in [1.82, 2.24) is 15.0 Å². The molecule has 0 radical (unpaired) electrons. The molecule has 0 aliphatic rings. The van der Waals surface area contributed by atoms with Gasteiger partial charge in [0, 0.05) is 18.4 Å². The Kier molecular flexibility index (Phi) is 7.12. The molecule has 3 aromatic rings. The predicted molar refractivity (Wildman–Crippen MR) is 120 cm³/mol. The average Bonchev–Trinajstić information content (AvgIpc) is 3.10. The minimum absolute atomic E-state index is 0.00165. The van der Waals surface area contributed by atoms with Gasteiger partial charge in [0.25, 0.3) is 0 Å². The van der Waals surface area contributed by atoms with Crippen molar-refractivity contribution >= 4 is 23.0 Å². The first-order valence-electron chi connectivity index (χ1n) is 10.7. The number of carbonyl (C=O) groups excluding carboxylic acids is 1. The van der Waals surface area contributed by atoms with Crippen LogP contribution in [0.4, 0.5) is 0 Å². The summed E-state index contributed by atoms with van der Waals surface area (Å²) in [7, 11) is 0. The molecule has 1 unspecified atom stereocenters. The number of ether oxygens (including phenoxy) is 1. The number of phenols is 1. The van der Waals surface area contributed by atoms with Gasteiger partial charge >= 0.3 is 11.9 Å². The molecular formula is C24H29N3O5. The quantitative estimate of drug-likeness (QED) is 0.481. The first-order chi connectivity index (χ1) is 15.1. The minimum atomic E-state index is -0.815. The monoisotopic (exact) mass is 439 g/mol. The zero-order chi connectivity index (χ0) is 23.4. The van der Waals surface area contributed by atoms with Crippen molar-refractivity contribution in [3.05, 3.63) is 47.0 Å². The third kappa shape index (κ3) is 5.84. The predicted octanol–water partition coefficient (Wildman–Crippen LogP) is 4.18. The lowest BCUT2D eigenvalue weighted by molar-refractivity contribution is -0.145. The van der Waals surface area contributed by atoms with Crippen molar-refractivity contribution < 1.29 is 24.5 Å². The van der Waals surface area contributed by atoms with Crippen LogP contribution in [0.25, 0.3) is 16.7 Å². The number of carboxylic acid groups (broad SMARTS) is 1. The molecule has 3 rings (SSSR count). The molecule has 0 aliphatic heterocycles. The number of fused-ring (bicyclic) bond motifs is 1. The fraction of sp³-hybridized carbons (Fsp3) is 0.417. The van der Waals surface area contributed by atoms with Crippen molar-refractivity contribution in [2.45, 2.75) is 53.6 Å². The Morgan fingerprint density at radius 3 is 2.47 bits per heavy atom. The molecule has 0 spiro atoms. The van der Waals surface area contributed by atoms with Gasteiger partial charge in [-0.25, -0.2) is 0 Å². The fourth-order valence-corrected chi connectivity index (χ4v) is 3.61. The van der Waals surface area contributed by atoms with E-state index in [-0.39, 0.29) is 36.6 Å². The second-order valence-electron chi connectivity index (χ2n) is 8.77. The van der Waals surface area contributed by atoms with E-state index in [0.717, 1.165) is 11.1 Å². The maximum Gasteiger partial charge on any atom is 0.306 e. The largest absolute Gasteiger partial charge is 0.505 e. The van der Waals surface area contributed by atoms with Crippen molar-refractivity contribution in [1.29, 1.82) is 0 Å². The molecule has 0 fully saturated rings. The van der Waals surface area contributed by atoms with E-state index in [1.54, 1.807) is 12.1 Å². The number of aromatic hydroxyl groups is 1. The van der Waals surface area contributed by atoms with E-state index in [0.29, 0.717) is 35.1 Å². The zero-order valence-electron chi connectivity index (χ0n) is 18.8. The van der Waals surface area contributed by atoms with Gasteiger partial charge in [0.15, 0.2) is 0 Å². The molecule has 1 aromatic heterocycles. The number of nitrogens with zero attached hydrogens (tertiary/aromatic N) is 3. The van der Waals surface area contributed by atoms with Crippen molar-refractivity contribution in [2.75, 3.05) is 0 Å². The van der Waals surface area contributed by atoms with Gasteiger partial charge in [0.1, 0.15) is 29.1 Å². The van der Waals surface area contributed by atoms with Gasteiger partial charge in [0.05, 0.1) is 0 Å². The van der Waals surface area contributed by atoms with Crippen LogP contribution >= 0.6 is 0 Å². The summed E-state index contributed by atoms with van der Waals surface area (Å²) >= 11 is 0. The second-order valence-corrected chi connectivity index (χ2v) is 8.77. The summed E-state index contributed by atoms with van der Waals surface area (Å²) in [6, 6.07) is 9.17. The summed E-state index contributed by atoms with van der Waals surface area (Å²) in [5.74, 6) is -0.965. The molecule has 2 N–H and O–H groups in total. The normalized spacial score (nSPS) is 12.3. The summed E-state index contributed by atoms with van der Waals surface area (Å²) in [6.45, 7) is 7.63. The topological polar surface area (TPSA) is 115 Å². The van der Waals surface area contributed by atoms with E-state index >= 15 is 0 Å². The lowest BCUT2D eigenvalue weighted by Crippen LogP contribution is -2.09. The molecule has 1 heterocycles. The van der Waals surface area contributed by atoms with E-state index in [4.69, 9.17) is 9.84 Å². The average molecular weight is 440 g/mol. The van der Waals surface area contributed by atoms with E-state index < -0.39 is 5.97 Å². The molecule has 0 amide bonds. The number of esters is 1. The van der Waals surface area contributed by atoms with Gasteiger partial charge in [-0.15, -0.1) is 15.0 Å². The molecule has 170 valence electrons. The van der Waals surface area contributed by atoms with Crippen LogP contribution in [-0.4, -0.2) is 37.1 Å². The van der Waals surface area contributed by atoms with Crippen molar-refractivity contribution in [3.8, 4) is 11.4 Å². The summed E-state index contributed by atoms with van der Waals surface area (Å²) in [6.07, 6.45) is 1.04. The summed E-state index contributed by atoms with van der Waals surface area (Å²) in [5, 5.41) is 28.7. The van der Waals surface area contributed by atoms with Gasteiger partial charge in [-0.1, -0.05) is 26.8 Å². The fourth-order valence-electron chi connectivity index (χ4n) is 3.61. The SMILES string of the molecule is Cc1cc(COC(=O)CC(C)C)c(O)c(-n2nc3ccc(CC(C)CC(=O)O)cc3n2)c1. The Morgan fingerprint density at radius 2 is 1.78 bits per heavy atom. The highest BCUT2D eigenvalue weighted by atomic mass is 16.5. The number of phenolic OH excluding ortho intramolecular Hbond substituents is 1. The van der Waals surface area contributed by atoms with E-state index in [9.17, 15) is 14.7 Å². The maximum absolute atomic E-state index is 11.9. The van der Waals surface area contributed by atoms with Crippen LogP contribution in [-0.2, 0) is 27.4 Å². The van der Waals surface area contributed by atoms with Gasteiger partial charge in [-0.05, 0) is 60.6 Å². The van der Waals surface area contributed by atoms with Crippen LogP contribution in [0.1, 0.15) is 50.3 Å². The van der Waals surface area contributed by atoms with Crippen LogP contribution in [0.5, 0.6) is 5.75 Å². The number of aliphatic carboxylic acids is 1. The zero-order valence-corrected chi connectivity index (χ0v) is 18.8. The van der Waals surface area contributed by atoms with Gasteiger partial charge in [0.2, 0.25) is 0 Å². The molecule has 1 atom stereocenters. The van der Waals surface area contributed by atoms with Crippen LogP contribution in [0.3, 0.4) is 0 Å². The Hall–Kier alpha value is -3.42. The number of aryl methyl sites for hydroxylation is 1. The first kappa shape index (κ1) is 23.2. The van der Waals surface area contributed by atoms with Gasteiger partial charge in [-0.3, -0.25) is 9.59 Å². The van der Waals surface area contributed by atoms with E-state index in [2.05, 4.69) is 10.2 Å². The van der Waals surface area contributed by atoms with Gasteiger partial charge < -0.3 is 14.9 Å². The summed E-state index contributed by atoms with van der Waals surface area (Å²) in [4.78, 5) is 24.2. The third-order valence-corrected chi connectivity index (χ3v) is 5.04. The van der Waals surface area contributed by atoms with Crippen LogP contribution in [0.2, 0.25) is 0 Å². The molecule has 8 nitrogen and oxygen atoms in total. The first-order valence-corrected chi connectivity index (χ1v) is 10.7. The molecule has 8 heteroatoms. The molecular weight excluding hydrogens is 410 g/mol. The Balaban J connectivity index is 1.85. The van der Waals surface area contributed by atoms with Crippen LogP contribution in [0.15, 0.2) is 30.3 Å². The number of carbonyl (C=O) groups is 2. The third-order valence-electron chi connectivity index (χ3n) is 5.04. The maximum atomic E-state index is 11.9. The Morgan fingerprint density at radius 1 is 1.06 bits per heavy atom. The van der Waals surface area contributed by atoms with E-state index in [1.807, 2.05) is 45.9 Å². The van der Waals surface area contributed by atoms with E-state index in [1.165, 1.54) is 4.80 Å². The van der Waals surface area contributed by atoms with Crippen molar-refractivity contribution in [3.63, 3.8) is 0 Å². The molecule has 2 aromatic carbocycles. The highest BCUT2D eigenvalue weighted by Crippen LogP contribution is 2.29. The lowest BCUT2D eigenvalue weighted by Gasteiger charge is -2.12. The number of benzene rings is 2. The second kappa shape index (κ2) is 9.80. The number of rotatable bonds is 9. The molecule has 0 saturated carbocycles. The summed E-state index contributed by atoms with van der Waals surface area (Å²) in [5.41, 5.74) is 4.04. The smallest absolute Gasteiger partial charge is 0.306 e. The number of aromatic nitrogens is 3. The Bertz CT molecular complexity index is 1140. The molecule has 0 saturated heterocycles. The highest BCUT2D eigenvalue weighted by Gasteiger charge is 2.16. The minimum Gasteiger partial charge on any atom is -0.505 e. The molecule has 0 aliphatic carbocycles. The van der Waals surface area contributed by atoms with Crippen LogP contribution in [0, 0.1) is 18.8 Å². The lowest BCUT2D eigenvalue weighted by atomic mass is 9.98. The number of carboxylic acids is 1. The van der Waals surface area contributed by atoms with Crippen LogP contribution < -0.4 is 0 Å².